The third-order valence-corrected chi connectivity index (χ3v) is 3.11. The number of rotatable bonds is 3. The predicted octanol–water partition coefficient (Wildman–Crippen LogP) is 2.98. The Balaban J connectivity index is 2.52. The first-order valence-electron chi connectivity index (χ1n) is 4.97. The number of hydrogen-bond donors (Lipinski definition) is 0. The fourth-order valence-electron chi connectivity index (χ4n) is 1.66. The maximum atomic E-state index is 10.8. The summed E-state index contributed by atoms with van der Waals surface area (Å²) in [5, 5.41) is 11.3. The summed E-state index contributed by atoms with van der Waals surface area (Å²) >= 11 is 3.26. The fraction of sp³-hybridized carbons (Fsp3) is 0.182. The van der Waals surface area contributed by atoms with Crippen LogP contribution in [0.3, 0.4) is 0 Å². The van der Waals surface area contributed by atoms with Crippen LogP contribution in [-0.4, -0.2) is 14.5 Å². The van der Waals surface area contributed by atoms with Crippen LogP contribution in [0.1, 0.15) is 11.4 Å². The molecule has 0 radical (unpaired) electrons. The average molecular weight is 296 g/mol. The molecule has 2 rings (SSSR count). The number of aryl methyl sites for hydroxylation is 1. The second kappa shape index (κ2) is 4.67. The Morgan fingerprint density at radius 2 is 2.29 bits per heavy atom. The lowest BCUT2D eigenvalue weighted by molar-refractivity contribution is -0.385. The van der Waals surface area contributed by atoms with Crippen molar-refractivity contribution in [2.45, 2.75) is 12.3 Å². The Morgan fingerprint density at radius 3 is 2.82 bits per heavy atom. The molecule has 1 aromatic carbocycles. The highest BCUT2D eigenvalue weighted by Crippen LogP contribution is 2.24. The van der Waals surface area contributed by atoms with E-state index < -0.39 is 0 Å². The molecule has 0 aliphatic rings. The number of nitro groups is 1. The number of alkyl halides is 1. The highest BCUT2D eigenvalue weighted by molar-refractivity contribution is 9.08. The smallest absolute Gasteiger partial charge is 0.273 e. The van der Waals surface area contributed by atoms with Gasteiger partial charge in [0.05, 0.1) is 4.92 Å². The monoisotopic (exact) mass is 295 g/mol. The van der Waals surface area contributed by atoms with E-state index in [9.17, 15) is 10.1 Å². The van der Waals surface area contributed by atoms with E-state index in [4.69, 9.17) is 0 Å². The van der Waals surface area contributed by atoms with Gasteiger partial charge in [0.1, 0.15) is 5.82 Å². The number of benzene rings is 1. The molecule has 0 atom stereocenters. The average Bonchev–Trinajstić information content (AvgIpc) is 2.74. The highest BCUT2D eigenvalue weighted by Gasteiger charge is 2.13. The molecular formula is C11H10BrN3O2. The van der Waals surface area contributed by atoms with Gasteiger partial charge in [-0.15, -0.1) is 0 Å². The van der Waals surface area contributed by atoms with Crippen LogP contribution in [0.4, 0.5) is 5.69 Å². The van der Waals surface area contributed by atoms with E-state index in [0.717, 1.165) is 11.5 Å². The largest absolute Gasteiger partial charge is 0.304 e. The van der Waals surface area contributed by atoms with Gasteiger partial charge in [0.25, 0.3) is 5.69 Å². The van der Waals surface area contributed by atoms with Gasteiger partial charge in [0.15, 0.2) is 0 Å². The standard InChI is InChI=1S/C11H10BrN3O2/c1-8-13-4-5-14(8)10-2-3-11(15(16)17)9(6-10)7-12/h2-6H,7H2,1H3. The molecule has 5 nitrogen and oxygen atoms in total. The molecular weight excluding hydrogens is 286 g/mol. The van der Waals surface area contributed by atoms with Crippen molar-refractivity contribution < 1.29 is 4.92 Å². The number of aromatic nitrogens is 2. The highest BCUT2D eigenvalue weighted by atomic mass is 79.9. The molecule has 0 N–H and O–H groups in total. The zero-order chi connectivity index (χ0) is 12.4. The minimum atomic E-state index is -0.374. The third kappa shape index (κ3) is 2.21. The second-order valence-corrected chi connectivity index (χ2v) is 4.11. The molecule has 2 aromatic rings. The van der Waals surface area contributed by atoms with E-state index in [1.807, 2.05) is 17.7 Å². The summed E-state index contributed by atoms with van der Waals surface area (Å²) in [6, 6.07) is 5.03. The molecule has 0 fully saturated rings. The van der Waals surface area contributed by atoms with Gasteiger partial charge in [0.2, 0.25) is 0 Å². The molecule has 0 spiro atoms. The van der Waals surface area contributed by atoms with Crippen LogP contribution in [0.5, 0.6) is 0 Å². The lowest BCUT2D eigenvalue weighted by atomic mass is 10.2. The van der Waals surface area contributed by atoms with Crippen molar-refractivity contribution in [3.8, 4) is 5.69 Å². The quantitative estimate of drug-likeness (QED) is 0.497. The fourth-order valence-corrected chi connectivity index (χ4v) is 2.11. The molecule has 88 valence electrons. The number of hydrogen-bond acceptors (Lipinski definition) is 3. The molecule has 0 aliphatic carbocycles. The Morgan fingerprint density at radius 1 is 1.53 bits per heavy atom. The summed E-state index contributed by atoms with van der Waals surface area (Å²) in [5.41, 5.74) is 1.66. The van der Waals surface area contributed by atoms with Crippen molar-refractivity contribution in [3.05, 3.63) is 52.1 Å². The van der Waals surface area contributed by atoms with Gasteiger partial charge in [-0.25, -0.2) is 4.98 Å². The van der Waals surface area contributed by atoms with Crippen molar-refractivity contribution >= 4 is 21.6 Å². The predicted molar refractivity (Wildman–Crippen MR) is 67.6 cm³/mol. The molecule has 0 bridgehead atoms. The van der Waals surface area contributed by atoms with E-state index in [2.05, 4.69) is 20.9 Å². The molecule has 0 unspecified atom stereocenters. The summed E-state index contributed by atoms with van der Waals surface area (Å²) in [5.74, 6) is 0.847. The zero-order valence-corrected chi connectivity index (χ0v) is 10.7. The normalized spacial score (nSPS) is 10.5. The first-order chi connectivity index (χ1) is 8.13. The van der Waals surface area contributed by atoms with E-state index in [-0.39, 0.29) is 10.6 Å². The summed E-state index contributed by atoms with van der Waals surface area (Å²) < 4.78 is 1.88. The summed E-state index contributed by atoms with van der Waals surface area (Å²) in [6.45, 7) is 1.88. The molecule has 1 heterocycles. The minimum absolute atomic E-state index is 0.128. The lowest BCUT2D eigenvalue weighted by Crippen LogP contribution is -1.99. The van der Waals surface area contributed by atoms with Gasteiger partial charge in [0, 0.05) is 35.0 Å². The number of halogens is 1. The number of imidazole rings is 1. The van der Waals surface area contributed by atoms with Crippen LogP contribution in [0.2, 0.25) is 0 Å². The van der Waals surface area contributed by atoms with Crippen LogP contribution in [0, 0.1) is 17.0 Å². The Hall–Kier alpha value is -1.69. The van der Waals surface area contributed by atoms with Crippen molar-refractivity contribution in [3.63, 3.8) is 0 Å². The van der Waals surface area contributed by atoms with E-state index in [1.54, 1.807) is 18.3 Å². The van der Waals surface area contributed by atoms with Crippen molar-refractivity contribution in [1.82, 2.24) is 9.55 Å². The molecule has 0 aliphatic heterocycles. The topological polar surface area (TPSA) is 61.0 Å². The van der Waals surface area contributed by atoms with E-state index in [1.165, 1.54) is 6.07 Å². The molecule has 0 amide bonds. The van der Waals surface area contributed by atoms with Crippen LogP contribution in [0.25, 0.3) is 5.69 Å². The molecule has 0 saturated carbocycles. The van der Waals surface area contributed by atoms with Gasteiger partial charge < -0.3 is 4.57 Å². The van der Waals surface area contributed by atoms with Crippen molar-refractivity contribution in [2.24, 2.45) is 0 Å². The summed E-state index contributed by atoms with van der Waals surface area (Å²) in [7, 11) is 0. The van der Waals surface area contributed by atoms with Crippen LogP contribution < -0.4 is 0 Å². The third-order valence-electron chi connectivity index (χ3n) is 2.51. The second-order valence-electron chi connectivity index (χ2n) is 3.55. The lowest BCUT2D eigenvalue weighted by Gasteiger charge is -2.07. The molecule has 6 heteroatoms. The van der Waals surface area contributed by atoms with Crippen LogP contribution >= 0.6 is 15.9 Å². The number of nitro benzene ring substituents is 1. The van der Waals surface area contributed by atoms with Gasteiger partial charge in [-0.3, -0.25) is 10.1 Å². The van der Waals surface area contributed by atoms with Gasteiger partial charge in [-0.2, -0.15) is 0 Å². The van der Waals surface area contributed by atoms with Gasteiger partial charge >= 0.3 is 0 Å². The maximum absolute atomic E-state index is 10.8. The Bertz CT molecular complexity index is 566. The van der Waals surface area contributed by atoms with Gasteiger partial charge in [-0.1, -0.05) is 15.9 Å². The zero-order valence-electron chi connectivity index (χ0n) is 9.13. The first-order valence-corrected chi connectivity index (χ1v) is 6.09. The minimum Gasteiger partial charge on any atom is -0.304 e. The van der Waals surface area contributed by atoms with Crippen LogP contribution in [0.15, 0.2) is 30.6 Å². The Kier molecular flexibility index (Phi) is 3.23. The summed E-state index contributed by atoms with van der Waals surface area (Å²) in [4.78, 5) is 14.6. The van der Waals surface area contributed by atoms with Crippen molar-refractivity contribution in [1.29, 1.82) is 0 Å². The van der Waals surface area contributed by atoms with Crippen LogP contribution in [-0.2, 0) is 5.33 Å². The number of nitrogens with zero attached hydrogens (tertiary/aromatic N) is 3. The molecule has 1 aromatic heterocycles. The molecule has 17 heavy (non-hydrogen) atoms. The Labute approximate surface area is 106 Å². The van der Waals surface area contributed by atoms with Crippen molar-refractivity contribution in [2.75, 3.05) is 0 Å². The summed E-state index contributed by atoms with van der Waals surface area (Å²) in [6.07, 6.45) is 3.53. The maximum Gasteiger partial charge on any atom is 0.273 e. The SMILES string of the molecule is Cc1nccn1-c1ccc([N+](=O)[O-])c(CBr)c1. The molecule has 0 saturated heterocycles. The van der Waals surface area contributed by atoms with E-state index >= 15 is 0 Å². The first kappa shape index (κ1) is 11.8. The van der Waals surface area contributed by atoms with E-state index in [0.29, 0.717) is 10.9 Å². The van der Waals surface area contributed by atoms with Gasteiger partial charge in [-0.05, 0) is 19.1 Å².